The number of halogens is 2. The molecule has 0 atom stereocenters. The van der Waals surface area contributed by atoms with E-state index in [0.717, 1.165) is 37.8 Å². The van der Waals surface area contributed by atoms with Crippen molar-refractivity contribution in [2.75, 3.05) is 18.4 Å². The summed E-state index contributed by atoms with van der Waals surface area (Å²) in [5, 5.41) is 2.49. The number of nitrogens with one attached hydrogen (secondary N) is 1. The Hall–Kier alpha value is -2.32. The molecule has 2 aromatic rings. The molecule has 0 aromatic heterocycles. The predicted octanol–water partition coefficient (Wildman–Crippen LogP) is 4.09. The maximum Gasteiger partial charge on any atom is 0.258 e. The minimum atomic E-state index is -3.69. The summed E-state index contributed by atoms with van der Waals surface area (Å²) in [6.45, 7) is 2.63. The maximum absolute atomic E-state index is 13.8. The van der Waals surface area contributed by atoms with Crippen molar-refractivity contribution in [3.05, 3.63) is 59.2 Å². The fourth-order valence-electron chi connectivity index (χ4n) is 3.25. The number of anilines is 1. The van der Waals surface area contributed by atoms with Crippen LogP contribution in [0.4, 0.5) is 14.5 Å². The average molecular weight is 408 g/mol. The van der Waals surface area contributed by atoms with Crippen molar-refractivity contribution in [1.29, 1.82) is 0 Å². The van der Waals surface area contributed by atoms with Crippen LogP contribution in [0.1, 0.15) is 41.6 Å². The second-order valence-corrected chi connectivity index (χ2v) is 8.78. The molecule has 0 radical (unpaired) electrons. The second kappa shape index (κ2) is 8.36. The third kappa shape index (κ3) is 4.39. The van der Waals surface area contributed by atoms with Crippen molar-refractivity contribution in [3.8, 4) is 0 Å². The van der Waals surface area contributed by atoms with Crippen molar-refractivity contribution in [3.63, 3.8) is 0 Å². The van der Waals surface area contributed by atoms with Gasteiger partial charge in [0.25, 0.3) is 5.91 Å². The van der Waals surface area contributed by atoms with Crippen LogP contribution in [0.5, 0.6) is 0 Å². The summed E-state index contributed by atoms with van der Waals surface area (Å²) in [6.07, 6.45) is 3.64. The fourth-order valence-corrected chi connectivity index (χ4v) is 5.02. The molecule has 1 N–H and O–H groups in total. The van der Waals surface area contributed by atoms with Crippen LogP contribution in [-0.2, 0) is 10.0 Å². The Morgan fingerprint density at radius 2 is 1.68 bits per heavy atom. The molecular formula is C20H22F2N2O3S. The van der Waals surface area contributed by atoms with E-state index in [4.69, 9.17) is 0 Å². The number of aryl methyl sites for hydroxylation is 1. The lowest BCUT2D eigenvalue weighted by molar-refractivity contribution is 0.102. The molecule has 1 saturated heterocycles. The zero-order valence-corrected chi connectivity index (χ0v) is 16.4. The summed E-state index contributed by atoms with van der Waals surface area (Å²) in [5.41, 5.74) is 0.474. The quantitative estimate of drug-likeness (QED) is 0.829. The van der Waals surface area contributed by atoms with E-state index in [0.29, 0.717) is 24.7 Å². The standard InChI is InChI=1S/C20H22F2N2O3S/c1-14-6-8-16(23-20(25)17-9-7-15(21)12-18(17)22)13-19(14)28(26,27)24-10-4-2-3-5-11-24/h6-9,12-13H,2-5,10-11H2,1H3,(H,23,25). The van der Waals surface area contributed by atoms with Gasteiger partial charge in [0.2, 0.25) is 10.0 Å². The van der Waals surface area contributed by atoms with Gasteiger partial charge in [0.15, 0.2) is 0 Å². The summed E-state index contributed by atoms with van der Waals surface area (Å²) >= 11 is 0. The van der Waals surface area contributed by atoms with Crippen LogP contribution in [-0.4, -0.2) is 31.7 Å². The zero-order valence-electron chi connectivity index (χ0n) is 15.5. The van der Waals surface area contributed by atoms with Gasteiger partial charge in [0.05, 0.1) is 10.5 Å². The molecule has 1 aliphatic heterocycles. The van der Waals surface area contributed by atoms with E-state index in [9.17, 15) is 22.0 Å². The molecule has 0 saturated carbocycles. The van der Waals surface area contributed by atoms with E-state index >= 15 is 0 Å². The molecule has 1 aliphatic rings. The molecule has 0 spiro atoms. The number of hydrogen-bond acceptors (Lipinski definition) is 3. The van der Waals surface area contributed by atoms with Crippen LogP contribution >= 0.6 is 0 Å². The predicted molar refractivity (Wildman–Crippen MR) is 103 cm³/mol. The third-order valence-electron chi connectivity index (χ3n) is 4.80. The van der Waals surface area contributed by atoms with Crippen LogP contribution in [0.25, 0.3) is 0 Å². The molecule has 150 valence electrons. The molecule has 0 bridgehead atoms. The van der Waals surface area contributed by atoms with Gasteiger partial charge in [-0.1, -0.05) is 18.9 Å². The highest BCUT2D eigenvalue weighted by Crippen LogP contribution is 2.26. The number of nitrogens with zero attached hydrogens (tertiary/aromatic N) is 1. The van der Waals surface area contributed by atoms with Gasteiger partial charge in [-0.05, 0) is 49.6 Å². The van der Waals surface area contributed by atoms with Gasteiger partial charge < -0.3 is 5.32 Å². The maximum atomic E-state index is 13.8. The second-order valence-electron chi connectivity index (χ2n) is 6.88. The highest BCUT2D eigenvalue weighted by atomic mass is 32.2. The number of carbonyl (C=O) groups is 1. The van der Waals surface area contributed by atoms with Gasteiger partial charge in [0.1, 0.15) is 11.6 Å². The number of rotatable bonds is 4. The molecule has 1 fully saturated rings. The van der Waals surface area contributed by atoms with E-state index in [1.54, 1.807) is 19.1 Å². The van der Waals surface area contributed by atoms with Crippen molar-refractivity contribution in [2.24, 2.45) is 0 Å². The van der Waals surface area contributed by atoms with Crippen molar-refractivity contribution in [1.82, 2.24) is 4.31 Å². The summed E-state index contributed by atoms with van der Waals surface area (Å²) < 4.78 is 54.5. The first-order valence-corrected chi connectivity index (χ1v) is 10.6. The van der Waals surface area contributed by atoms with Crippen LogP contribution in [0, 0.1) is 18.6 Å². The Morgan fingerprint density at radius 3 is 2.32 bits per heavy atom. The minimum Gasteiger partial charge on any atom is -0.322 e. The van der Waals surface area contributed by atoms with Crippen molar-refractivity contribution >= 4 is 21.6 Å². The number of amides is 1. The molecule has 2 aromatic carbocycles. The summed E-state index contributed by atoms with van der Waals surface area (Å²) in [4.78, 5) is 12.4. The van der Waals surface area contributed by atoms with Crippen LogP contribution < -0.4 is 5.32 Å². The molecule has 3 rings (SSSR count). The van der Waals surface area contributed by atoms with Crippen molar-refractivity contribution < 1.29 is 22.0 Å². The highest BCUT2D eigenvalue weighted by molar-refractivity contribution is 7.89. The van der Waals surface area contributed by atoms with Gasteiger partial charge >= 0.3 is 0 Å². The minimum absolute atomic E-state index is 0.117. The van der Waals surface area contributed by atoms with E-state index in [1.165, 1.54) is 10.4 Å². The van der Waals surface area contributed by atoms with Crippen LogP contribution in [0.2, 0.25) is 0 Å². The van der Waals surface area contributed by atoms with Gasteiger partial charge in [-0.25, -0.2) is 17.2 Å². The molecule has 0 aliphatic carbocycles. The first-order chi connectivity index (χ1) is 13.3. The summed E-state index contributed by atoms with van der Waals surface area (Å²) in [6, 6.07) is 7.19. The zero-order chi connectivity index (χ0) is 20.3. The van der Waals surface area contributed by atoms with Gasteiger partial charge in [-0.3, -0.25) is 4.79 Å². The van der Waals surface area contributed by atoms with E-state index in [1.807, 2.05) is 0 Å². The molecular weight excluding hydrogens is 386 g/mol. The Kier molecular flexibility index (Phi) is 6.10. The molecule has 0 unspecified atom stereocenters. The van der Waals surface area contributed by atoms with Crippen LogP contribution in [0.3, 0.4) is 0 Å². The number of benzene rings is 2. The number of sulfonamides is 1. The summed E-state index contributed by atoms with van der Waals surface area (Å²) in [7, 11) is -3.69. The normalized spacial score (nSPS) is 15.8. The topological polar surface area (TPSA) is 66.5 Å². The molecule has 28 heavy (non-hydrogen) atoms. The first kappa shape index (κ1) is 20.4. The largest absolute Gasteiger partial charge is 0.322 e. The lowest BCUT2D eigenvalue weighted by atomic mass is 10.1. The lowest BCUT2D eigenvalue weighted by Crippen LogP contribution is -2.32. The Morgan fingerprint density at radius 1 is 1.00 bits per heavy atom. The van der Waals surface area contributed by atoms with Gasteiger partial charge in [0, 0.05) is 24.8 Å². The van der Waals surface area contributed by atoms with E-state index in [2.05, 4.69) is 5.32 Å². The molecule has 1 amide bonds. The number of carbonyl (C=O) groups excluding carboxylic acids is 1. The Labute approximate surface area is 163 Å². The summed E-state index contributed by atoms with van der Waals surface area (Å²) in [5.74, 6) is -2.54. The third-order valence-corrected chi connectivity index (χ3v) is 6.85. The number of hydrogen-bond donors (Lipinski definition) is 1. The monoisotopic (exact) mass is 408 g/mol. The Bertz CT molecular complexity index is 985. The van der Waals surface area contributed by atoms with E-state index < -0.39 is 27.6 Å². The van der Waals surface area contributed by atoms with E-state index in [-0.39, 0.29) is 16.1 Å². The lowest BCUT2D eigenvalue weighted by Gasteiger charge is -2.21. The molecule has 5 nitrogen and oxygen atoms in total. The first-order valence-electron chi connectivity index (χ1n) is 9.16. The smallest absolute Gasteiger partial charge is 0.258 e. The SMILES string of the molecule is Cc1ccc(NC(=O)c2ccc(F)cc2F)cc1S(=O)(=O)N1CCCCCC1. The highest BCUT2D eigenvalue weighted by Gasteiger charge is 2.27. The van der Waals surface area contributed by atoms with Crippen molar-refractivity contribution in [2.45, 2.75) is 37.5 Å². The average Bonchev–Trinajstić information content (AvgIpc) is 2.93. The van der Waals surface area contributed by atoms with Crippen LogP contribution in [0.15, 0.2) is 41.3 Å². The fraction of sp³-hybridized carbons (Fsp3) is 0.350. The van der Waals surface area contributed by atoms with Gasteiger partial charge in [-0.15, -0.1) is 0 Å². The molecule has 1 heterocycles. The Balaban J connectivity index is 1.87. The van der Waals surface area contributed by atoms with Gasteiger partial charge in [-0.2, -0.15) is 4.31 Å². The molecule has 8 heteroatoms.